The number of aryl methyl sites for hydroxylation is 1. The van der Waals surface area contributed by atoms with Crippen LogP contribution in [0.5, 0.6) is 0 Å². The molecule has 0 aromatic carbocycles. The van der Waals surface area contributed by atoms with Crippen molar-refractivity contribution in [1.29, 1.82) is 0 Å². The summed E-state index contributed by atoms with van der Waals surface area (Å²) in [7, 11) is 1.10. The van der Waals surface area contributed by atoms with Crippen molar-refractivity contribution in [3.8, 4) is 0 Å². The Labute approximate surface area is 88.5 Å². The van der Waals surface area contributed by atoms with E-state index in [9.17, 15) is 18.0 Å². The number of hydrogen-bond donors (Lipinski definition) is 0. The average Bonchev–Trinajstić information content (AvgIpc) is 2.47. The highest BCUT2D eigenvalue weighted by atomic mass is 32.1. The van der Waals surface area contributed by atoms with Gasteiger partial charge in [0.25, 0.3) is 5.91 Å². The first-order chi connectivity index (χ1) is 6.79. The molecule has 0 saturated heterocycles. The fourth-order valence-electron chi connectivity index (χ4n) is 0.998. The molecule has 0 bridgehead atoms. The Bertz CT molecular complexity index is 361. The van der Waals surface area contributed by atoms with E-state index in [0.29, 0.717) is 9.91 Å². The van der Waals surface area contributed by atoms with Crippen LogP contribution in [-0.2, 0) is 0 Å². The number of halogens is 3. The maximum atomic E-state index is 12.0. The Kier molecular flexibility index (Phi) is 3.33. The summed E-state index contributed by atoms with van der Waals surface area (Å²) in [5, 5.41) is 2.10. The zero-order chi connectivity index (χ0) is 11.6. The summed E-state index contributed by atoms with van der Waals surface area (Å²) in [6.07, 6.45) is -4.38. The normalized spacial score (nSPS) is 11.5. The van der Waals surface area contributed by atoms with Gasteiger partial charge in [0.2, 0.25) is 0 Å². The number of aromatic nitrogens is 1. The Morgan fingerprint density at radius 1 is 1.60 bits per heavy atom. The summed E-state index contributed by atoms with van der Waals surface area (Å²) < 4.78 is 35.9. The van der Waals surface area contributed by atoms with Crippen LogP contribution < -0.4 is 0 Å². The first kappa shape index (κ1) is 12.0. The first-order valence-corrected chi connectivity index (χ1v) is 4.92. The Morgan fingerprint density at radius 2 is 2.20 bits per heavy atom. The van der Waals surface area contributed by atoms with Gasteiger partial charge >= 0.3 is 6.18 Å². The molecule has 3 nitrogen and oxygen atoms in total. The summed E-state index contributed by atoms with van der Waals surface area (Å²) >= 11 is 1.23. The van der Waals surface area contributed by atoms with E-state index in [-0.39, 0.29) is 5.69 Å². The van der Waals surface area contributed by atoms with E-state index in [0.717, 1.165) is 7.05 Å². The molecule has 1 rings (SSSR count). The minimum Gasteiger partial charge on any atom is -0.331 e. The van der Waals surface area contributed by atoms with Gasteiger partial charge < -0.3 is 4.90 Å². The van der Waals surface area contributed by atoms with Crippen molar-refractivity contribution in [2.45, 2.75) is 13.1 Å². The second kappa shape index (κ2) is 4.18. The zero-order valence-electron chi connectivity index (χ0n) is 8.13. The van der Waals surface area contributed by atoms with Crippen LogP contribution in [0.25, 0.3) is 0 Å². The summed E-state index contributed by atoms with van der Waals surface area (Å²) in [4.78, 5) is 15.8. The summed E-state index contributed by atoms with van der Waals surface area (Å²) in [5.74, 6) is -0.711. The number of carbonyl (C=O) groups excluding carboxylic acids is 1. The minimum absolute atomic E-state index is 0.0595. The Hall–Kier alpha value is -1.11. The van der Waals surface area contributed by atoms with Crippen molar-refractivity contribution < 1.29 is 18.0 Å². The highest BCUT2D eigenvalue weighted by Crippen LogP contribution is 2.17. The van der Waals surface area contributed by atoms with Gasteiger partial charge in [-0.05, 0) is 6.92 Å². The highest BCUT2D eigenvalue weighted by Gasteiger charge is 2.31. The van der Waals surface area contributed by atoms with E-state index >= 15 is 0 Å². The number of nitrogens with zero attached hydrogens (tertiary/aromatic N) is 2. The predicted molar refractivity (Wildman–Crippen MR) is 49.9 cm³/mol. The molecular formula is C8H9F3N2OS. The van der Waals surface area contributed by atoms with Crippen molar-refractivity contribution in [2.24, 2.45) is 0 Å². The molecule has 0 spiro atoms. The Morgan fingerprint density at radius 3 is 2.60 bits per heavy atom. The lowest BCUT2D eigenvalue weighted by Crippen LogP contribution is -2.35. The van der Waals surface area contributed by atoms with E-state index in [4.69, 9.17) is 0 Å². The lowest BCUT2D eigenvalue weighted by atomic mass is 10.4. The van der Waals surface area contributed by atoms with Crippen molar-refractivity contribution in [1.82, 2.24) is 9.88 Å². The van der Waals surface area contributed by atoms with Crippen LogP contribution in [0.15, 0.2) is 5.38 Å². The summed E-state index contributed by atoms with van der Waals surface area (Å²) in [6, 6.07) is 0. The lowest BCUT2D eigenvalue weighted by Gasteiger charge is -2.17. The lowest BCUT2D eigenvalue weighted by molar-refractivity contribution is -0.138. The maximum Gasteiger partial charge on any atom is 0.406 e. The number of hydrogen-bond acceptors (Lipinski definition) is 3. The molecule has 1 heterocycles. The van der Waals surface area contributed by atoms with Gasteiger partial charge in [-0.2, -0.15) is 13.2 Å². The van der Waals surface area contributed by atoms with Crippen LogP contribution >= 0.6 is 11.3 Å². The Balaban J connectivity index is 2.69. The second-order valence-corrected chi connectivity index (χ2v) is 4.09. The van der Waals surface area contributed by atoms with E-state index in [1.54, 1.807) is 6.92 Å². The molecule has 15 heavy (non-hydrogen) atoms. The smallest absolute Gasteiger partial charge is 0.331 e. The quantitative estimate of drug-likeness (QED) is 0.790. The number of amides is 1. The van der Waals surface area contributed by atoms with Gasteiger partial charge in [-0.15, -0.1) is 11.3 Å². The molecule has 7 heteroatoms. The topological polar surface area (TPSA) is 33.2 Å². The van der Waals surface area contributed by atoms with Gasteiger partial charge in [-0.1, -0.05) is 0 Å². The molecule has 0 fully saturated rings. The second-order valence-electron chi connectivity index (χ2n) is 3.03. The third-order valence-electron chi connectivity index (χ3n) is 1.60. The van der Waals surface area contributed by atoms with Gasteiger partial charge in [0.05, 0.1) is 5.01 Å². The van der Waals surface area contributed by atoms with E-state index in [1.165, 1.54) is 16.7 Å². The molecule has 0 radical (unpaired) electrons. The van der Waals surface area contributed by atoms with E-state index in [2.05, 4.69) is 4.98 Å². The molecule has 0 unspecified atom stereocenters. The molecule has 0 aliphatic carbocycles. The number of carbonyl (C=O) groups is 1. The highest BCUT2D eigenvalue weighted by molar-refractivity contribution is 7.09. The number of thiazole rings is 1. The van der Waals surface area contributed by atoms with Gasteiger partial charge in [-0.25, -0.2) is 4.98 Å². The van der Waals surface area contributed by atoms with Crippen LogP contribution in [0.2, 0.25) is 0 Å². The standard InChI is InChI=1S/C8H9F3N2OS/c1-5-12-6(3-15-5)7(14)13(2)4-8(9,10)11/h3H,4H2,1-2H3. The third kappa shape index (κ3) is 3.50. The van der Waals surface area contributed by atoms with E-state index < -0.39 is 18.6 Å². The van der Waals surface area contributed by atoms with Crippen LogP contribution in [0.3, 0.4) is 0 Å². The van der Waals surface area contributed by atoms with Gasteiger partial charge in [0.1, 0.15) is 12.2 Å². The van der Waals surface area contributed by atoms with Crippen LogP contribution in [0.4, 0.5) is 13.2 Å². The molecule has 0 N–H and O–H groups in total. The van der Waals surface area contributed by atoms with Crippen molar-refractivity contribution in [3.63, 3.8) is 0 Å². The third-order valence-corrected chi connectivity index (χ3v) is 2.37. The zero-order valence-corrected chi connectivity index (χ0v) is 8.95. The summed E-state index contributed by atoms with van der Waals surface area (Å²) in [5.41, 5.74) is 0.0595. The van der Waals surface area contributed by atoms with Crippen molar-refractivity contribution in [2.75, 3.05) is 13.6 Å². The number of alkyl halides is 3. The van der Waals surface area contributed by atoms with Gasteiger partial charge in [0, 0.05) is 12.4 Å². The molecule has 0 aliphatic heterocycles. The molecular weight excluding hydrogens is 229 g/mol. The molecule has 0 saturated carbocycles. The molecule has 84 valence electrons. The molecule has 0 atom stereocenters. The van der Waals surface area contributed by atoms with Crippen LogP contribution in [0, 0.1) is 6.92 Å². The molecule has 0 aliphatic rings. The average molecular weight is 238 g/mol. The summed E-state index contributed by atoms with van der Waals surface area (Å²) in [6.45, 7) is 0.424. The molecule has 1 aromatic heterocycles. The number of rotatable bonds is 2. The first-order valence-electron chi connectivity index (χ1n) is 4.04. The van der Waals surface area contributed by atoms with Crippen LogP contribution in [-0.4, -0.2) is 35.6 Å². The maximum absolute atomic E-state index is 12.0. The monoisotopic (exact) mass is 238 g/mol. The fourth-order valence-corrected chi connectivity index (χ4v) is 1.58. The van der Waals surface area contributed by atoms with Gasteiger partial charge in [0.15, 0.2) is 0 Å². The van der Waals surface area contributed by atoms with Crippen molar-refractivity contribution >= 4 is 17.2 Å². The largest absolute Gasteiger partial charge is 0.406 e. The van der Waals surface area contributed by atoms with E-state index in [1.807, 2.05) is 0 Å². The van der Waals surface area contributed by atoms with Crippen molar-refractivity contribution in [3.05, 3.63) is 16.1 Å². The molecule has 1 amide bonds. The minimum atomic E-state index is -4.38. The SMILES string of the molecule is Cc1nc(C(=O)N(C)CC(F)(F)F)cs1. The van der Waals surface area contributed by atoms with Gasteiger partial charge in [-0.3, -0.25) is 4.79 Å². The van der Waals surface area contributed by atoms with Crippen LogP contribution in [0.1, 0.15) is 15.5 Å². The predicted octanol–water partition coefficient (Wildman–Crippen LogP) is 2.09. The molecule has 1 aromatic rings. The fraction of sp³-hybridized carbons (Fsp3) is 0.500.